The molecule has 3 rings (SSSR count). The number of halogens is 1. The molecule has 0 N–H and O–H groups in total. The lowest BCUT2D eigenvalue weighted by atomic mass is 10.2. The Balaban J connectivity index is 1.69. The number of sulfonamides is 1. The molecular weight excluding hydrogens is 400 g/mol. The molecule has 1 aliphatic heterocycles. The number of carbonyl (C=O) groups excluding carboxylic acids is 2. The van der Waals surface area contributed by atoms with Crippen molar-refractivity contribution >= 4 is 39.2 Å². The standard InChI is InChI=1S/C16H11ClN2O7S/c17-12-6-5-10(9-13(12)19(22)23)16(21)26-8-7-18-15(20)11-3-1-2-4-14(11)27(18,24)25/h1-6,9H,7-8H2. The van der Waals surface area contributed by atoms with Crippen LogP contribution in [0.15, 0.2) is 47.4 Å². The van der Waals surface area contributed by atoms with E-state index in [2.05, 4.69) is 0 Å². The van der Waals surface area contributed by atoms with Crippen LogP contribution < -0.4 is 0 Å². The fourth-order valence-electron chi connectivity index (χ4n) is 2.54. The molecule has 1 heterocycles. The van der Waals surface area contributed by atoms with Gasteiger partial charge in [-0.25, -0.2) is 17.5 Å². The molecule has 2 aromatic rings. The van der Waals surface area contributed by atoms with Crippen molar-refractivity contribution in [2.75, 3.05) is 13.2 Å². The van der Waals surface area contributed by atoms with E-state index in [1.165, 1.54) is 30.3 Å². The first-order valence-corrected chi connectivity index (χ1v) is 9.32. The van der Waals surface area contributed by atoms with Gasteiger partial charge in [0.2, 0.25) is 0 Å². The Hall–Kier alpha value is -2.98. The van der Waals surface area contributed by atoms with Gasteiger partial charge in [-0.15, -0.1) is 0 Å². The second kappa shape index (κ2) is 6.97. The van der Waals surface area contributed by atoms with E-state index >= 15 is 0 Å². The molecular formula is C16H11ClN2O7S. The number of nitro benzene ring substituents is 1. The Labute approximate surface area is 158 Å². The molecule has 1 amide bonds. The maximum atomic E-state index is 12.4. The van der Waals surface area contributed by atoms with Gasteiger partial charge in [-0.3, -0.25) is 14.9 Å². The number of hydrogen-bond donors (Lipinski definition) is 0. The van der Waals surface area contributed by atoms with Gasteiger partial charge in [-0.05, 0) is 24.3 Å². The van der Waals surface area contributed by atoms with Crippen molar-refractivity contribution in [3.8, 4) is 0 Å². The highest BCUT2D eigenvalue weighted by Gasteiger charge is 2.40. The third-order valence-electron chi connectivity index (χ3n) is 3.82. The Morgan fingerprint density at radius 1 is 1.22 bits per heavy atom. The molecule has 0 atom stereocenters. The average Bonchev–Trinajstić information content (AvgIpc) is 2.82. The van der Waals surface area contributed by atoms with Crippen molar-refractivity contribution in [1.82, 2.24) is 4.31 Å². The predicted octanol–water partition coefficient (Wildman–Crippen LogP) is 2.25. The largest absolute Gasteiger partial charge is 0.460 e. The summed E-state index contributed by atoms with van der Waals surface area (Å²) in [7, 11) is -4.00. The van der Waals surface area contributed by atoms with Crippen LogP contribution in [0.1, 0.15) is 20.7 Å². The summed E-state index contributed by atoms with van der Waals surface area (Å²) in [6.07, 6.45) is 0. The molecule has 11 heteroatoms. The van der Waals surface area contributed by atoms with Gasteiger partial charge in [-0.1, -0.05) is 23.7 Å². The van der Waals surface area contributed by atoms with E-state index in [0.29, 0.717) is 4.31 Å². The van der Waals surface area contributed by atoms with Crippen molar-refractivity contribution in [3.05, 3.63) is 68.7 Å². The monoisotopic (exact) mass is 410 g/mol. The van der Waals surface area contributed by atoms with Gasteiger partial charge in [0, 0.05) is 6.07 Å². The molecule has 0 radical (unpaired) electrons. The Morgan fingerprint density at radius 2 is 1.93 bits per heavy atom. The molecule has 140 valence electrons. The maximum absolute atomic E-state index is 12.4. The molecule has 0 saturated heterocycles. The van der Waals surface area contributed by atoms with E-state index in [1.807, 2.05) is 0 Å². The molecule has 0 spiro atoms. The van der Waals surface area contributed by atoms with E-state index in [0.717, 1.165) is 6.07 Å². The van der Waals surface area contributed by atoms with Gasteiger partial charge < -0.3 is 4.74 Å². The molecule has 0 saturated carbocycles. The molecule has 0 bridgehead atoms. The van der Waals surface area contributed by atoms with E-state index in [4.69, 9.17) is 16.3 Å². The van der Waals surface area contributed by atoms with E-state index in [9.17, 15) is 28.1 Å². The molecule has 1 aliphatic rings. The molecule has 0 unspecified atom stereocenters. The molecule has 0 aliphatic carbocycles. The molecule has 0 fully saturated rings. The van der Waals surface area contributed by atoms with Gasteiger partial charge in [0.15, 0.2) is 0 Å². The summed E-state index contributed by atoms with van der Waals surface area (Å²) in [5, 5.41) is 10.7. The number of nitro groups is 1. The SMILES string of the molecule is O=C(OCCN1C(=O)c2ccccc2S1(=O)=O)c1ccc(Cl)c([N+](=O)[O-])c1. The van der Waals surface area contributed by atoms with E-state index < -0.39 is 39.1 Å². The molecule has 9 nitrogen and oxygen atoms in total. The van der Waals surface area contributed by atoms with Crippen LogP contribution in [0.5, 0.6) is 0 Å². The number of esters is 1. The summed E-state index contributed by atoms with van der Waals surface area (Å²) in [5.74, 6) is -1.61. The minimum Gasteiger partial charge on any atom is -0.460 e. The average molecular weight is 411 g/mol. The number of carbonyl (C=O) groups is 2. The number of rotatable bonds is 5. The number of nitrogens with zero attached hydrogens (tertiary/aromatic N) is 2. The first-order chi connectivity index (χ1) is 12.7. The Bertz CT molecular complexity index is 1070. The quantitative estimate of drug-likeness (QED) is 0.420. The Kier molecular flexibility index (Phi) is 4.85. The highest BCUT2D eigenvalue weighted by Crippen LogP contribution is 2.29. The van der Waals surface area contributed by atoms with Gasteiger partial charge >= 0.3 is 5.97 Å². The minimum atomic E-state index is -4.00. The summed E-state index contributed by atoms with van der Waals surface area (Å²) in [6.45, 7) is -0.786. The highest BCUT2D eigenvalue weighted by atomic mass is 35.5. The number of benzene rings is 2. The van der Waals surface area contributed by atoms with Crippen LogP contribution in [-0.4, -0.2) is 42.7 Å². The Morgan fingerprint density at radius 3 is 2.59 bits per heavy atom. The first-order valence-electron chi connectivity index (χ1n) is 7.50. The lowest BCUT2D eigenvalue weighted by Crippen LogP contribution is -2.33. The van der Waals surface area contributed by atoms with Crippen molar-refractivity contribution in [2.24, 2.45) is 0 Å². The van der Waals surface area contributed by atoms with E-state index in [-0.39, 0.29) is 27.6 Å². The van der Waals surface area contributed by atoms with Crippen LogP contribution in [0.25, 0.3) is 0 Å². The summed E-state index contributed by atoms with van der Waals surface area (Å²) in [6, 6.07) is 9.14. The van der Waals surface area contributed by atoms with Crippen LogP contribution in [0, 0.1) is 10.1 Å². The third kappa shape index (κ3) is 3.36. The summed E-state index contributed by atoms with van der Waals surface area (Å²) in [4.78, 5) is 34.3. The minimum absolute atomic E-state index is 0.0529. The first kappa shape index (κ1) is 18.8. The zero-order chi connectivity index (χ0) is 19.8. The number of hydrogen-bond acceptors (Lipinski definition) is 7. The fraction of sp³-hybridized carbons (Fsp3) is 0.125. The highest BCUT2D eigenvalue weighted by molar-refractivity contribution is 7.90. The van der Waals surface area contributed by atoms with Crippen LogP contribution >= 0.6 is 11.6 Å². The van der Waals surface area contributed by atoms with Gasteiger partial charge in [-0.2, -0.15) is 0 Å². The molecule has 0 aromatic heterocycles. The van der Waals surface area contributed by atoms with Crippen LogP contribution in [0.4, 0.5) is 5.69 Å². The van der Waals surface area contributed by atoms with Crippen LogP contribution in [0.3, 0.4) is 0 Å². The maximum Gasteiger partial charge on any atom is 0.338 e. The zero-order valence-corrected chi connectivity index (χ0v) is 15.1. The van der Waals surface area contributed by atoms with Gasteiger partial charge in [0.1, 0.15) is 16.5 Å². The summed E-state index contributed by atoms with van der Waals surface area (Å²) >= 11 is 5.67. The summed E-state index contributed by atoms with van der Waals surface area (Å²) in [5.41, 5.74) is -0.527. The predicted molar refractivity (Wildman–Crippen MR) is 93.1 cm³/mol. The second-order valence-electron chi connectivity index (χ2n) is 5.44. The number of fused-ring (bicyclic) bond motifs is 1. The molecule has 27 heavy (non-hydrogen) atoms. The zero-order valence-electron chi connectivity index (χ0n) is 13.5. The van der Waals surface area contributed by atoms with Crippen LogP contribution in [0.2, 0.25) is 5.02 Å². The van der Waals surface area contributed by atoms with E-state index in [1.54, 1.807) is 6.07 Å². The summed E-state index contributed by atoms with van der Waals surface area (Å²) < 4.78 is 30.3. The topological polar surface area (TPSA) is 124 Å². The number of ether oxygens (including phenoxy) is 1. The smallest absolute Gasteiger partial charge is 0.338 e. The van der Waals surface area contributed by atoms with Crippen molar-refractivity contribution in [3.63, 3.8) is 0 Å². The number of amides is 1. The van der Waals surface area contributed by atoms with Crippen LogP contribution in [-0.2, 0) is 14.8 Å². The molecule has 2 aromatic carbocycles. The van der Waals surface area contributed by atoms with Crippen molar-refractivity contribution < 1.29 is 27.7 Å². The normalized spacial score (nSPS) is 14.7. The van der Waals surface area contributed by atoms with Gasteiger partial charge in [0.05, 0.1) is 22.6 Å². The lowest BCUT2D eigenvalue weighted by Gasteiger charge is -2.15. The van der Waals surface area contributed by atoms with Crippen molar-refractivity contribution in [2.45, 2.75) is 4.90 Å². The van der Waals surface area contributed by atoms with Crippen molar-refractivity contribution in [1.29, 1.82) is 0 Å². The second-order valence-corrected chi connectivity index (χ2v) is 7.68. The fourth-order valence-corrected chi connectivity index (χ4v) is 4.28. The van der Waals surface area contributed by atoms with Gasteiger partial charge in [0.25, 0.3) is 21.6 Å². The third-order valence-corrected chi connectivity index (χ3v) is 5.98. The lowest BCUT2D eigenvalue weighted by molar-refractivity contribution is -0.384.